The fourth-order valence-corrected chi connectivity index (χ4v) is 3.91. The van der Waals surface area contributed by atoms with E-state index in [1.165, 1.54) is 12.3 Å². The predicted molar refractivity (Wildman–Crippen MR) is 108 cm³/mol. The molecule has 0 spiro atoms. The first-order valence-corrected chi connectivity index (χ1v) is 9.24. The normalized spacial score (nSPS) is 18.4. The Morgan fingerprint density at radius 2 is 2.21 bits per heavy atom. The summed E-state index contributed by atoms with van der Waals surface area (Å²) in [6.45, 7) is 2.37. The SMILES string of the molecule is CCOC=Cc1c2cc(N)c3c(c2nn1C)C(=O)NC3(O)c1cc(F)ccc1Cl. The van der Waals surface area contributed by atoms with Gasteiger partial charge in [0.1, 0.15) is 11.3 Å². The van der Waals surface area contributed by atoms with Crippen molar-refractivity contribution in [1.29, 1.82) is 0 Å². The summed E-state index contributed by atoms with van der Waals surface area (Å²) in [5.74, 6) is -1.19. The summed E-state index contributed by atoms with van der Waals surface area (Å²) in [7, 11) is 1.72. The molecule has 7 nitrogen and oxygen atoms in total. The molecule has 0 radical (unpaired) electrons. The molecule has 29 heavy (non-hydrogen) atoms. The van der Waals surface area contributed by atoms with Crippen LogP contribution < -0.4 is 11.1 Å². The van der Waals surface area contributed by atoms with Crippen molar-refractivity contribution in [3.63, 3.8) is 0 Å². The lowest BCUT2D eigenvalue weighted by Gasteiger charge is -2.26. The number of hydrogen-bond donors (Lipinski definition) is 3. The number of fused-ring (bicyclic) bond motifs is 3. The fraction of sp³-hybridized carbons (Fsp3) is 0.200. The molecule has 1 atom stereocenters. The van der Waals surface area contributed by atoms with Crippen molar-refractivity contribution in [2.24, 2.45) is 7.05 Å². The second kappa shape index (κ2) is 6.75. The maximum Gasteiger partial charge on any atom is 0.256 e. The summed E-state index contributed by atoms with van der Waals surface area (Å²) < 4.78 is 20.7. The number of benzene rings is 2. The van der Waals surface area contributed by atoms with Gasteiger partial charge in [0.25, 0.3) is 5.91 Å². The summed E-state index contributed by atoms with van der Waals surface area (Å²) in [5.41, 5.74) is 5.56. The van der Waals surface area contributed by atoms with Gasteiger partial charge in [-0.15, -0.1) is 0 Å². The summed E-state index contributed by atoms with van der Waals surface area (Å²) in [4.78, 5) is 12.8. The van der Waals surface area contributed by atoms with Gasteiger partial charge in [0.15, 0.2) is 5.72 Å². The van der Waals surface area contributed by atoms with Gasteiger partial charge < -0.3 is 20.9 Å². The van der Waals surface area contributed by atoms with E-state index in [4.69, 9.17) is 22.1 Å². The lowest BCUT2D eigenvalue weighted by molar-refractivity contribution is 0.0479. The number of carbonyl (C=O) groups excluding carboxylic acids is 1. The maximum absolute atomic E-state index is 13.9. The van der Waals surface area contributed by atoms with Gasteiger partial charge in [0, 0.05) is 34.3 Å². The van der Waals surface area contributed by atoms with Crippen molar-refractivity contribution >= 4 is 40.2 Å². The van der Waals surface area contributed by atoms with E-state index >= 15 is 0 Å². The Kier molecular flexibility index (Phi) is 4.48. The smallest absolute Gasteiger partial charge is 0.256 e. The molecule has 4 N–H and O–H groups in total. The zero-order chi connectivity index (χ0) is 20.9. The van der Waals surface area contributed by atoms with Crippen LogP contribution in [0.1, 0.15) is 34.1 Å². The highest BCUT2D eigenvalue weighted by Gasteiger charge is 2.47. The minimum absolute atomic E-state index is 0.00953. The number of aliphatic hydroxyl groups is 1. The van der Waals surface area contributed by atoms with Crippen molar-refractivity contribution in [3.8, 4) is 0 Å². The van der Waals surface area contributed by atoms with Gasteiger partial charge in [-0.05, 0) is 37.3 Å². The van der Waals surface area contributed by atoms with Gasteiger partial charge in [-0.1, -0.05) is 11.6 Å². The van der Waals surface area contributed by atoms with Gasteiger partial charge in [-0.25, -0.2) is 4.39 Å². The number of ether oxygens (including phenoxy) is 1. The molecule has 4 rings (SSSR count). The molecular weight excluding hydrogens is 399 g/mol. The number of nitrogens with one attached hydrogen (secondary N) is 1. The Labute approximate surface area is 170 Å². The molecule has 1 amide bonds. The Morgan fingerprint density at radius 3 is 2.93 bits per heavy atom. The van der Waals surface area contributed by atoms with Crippen molar-refractivity contribution < 1.29 is 19.0 Å². The first kappa shape index (κ1) is 19.2. The predicted octanol–water partition coefficient (Wildman–Crippen LogP) is 2.89. The number of aryl methyl sites for hydroxylation is 1. The lowest BCUT2D eigenvalue weighted by Crippen LogP contribution is -2.40. The van der Waals surface area contributed by atoms with Crippen LogP contribution >= 0.6 is 11.6 Å². The number of carbonyl (C=O) groups is 1. The minimum Gasteiger partial charge on any atom is -0.501 e. The number of nitrogens with zero attached hydrogens (tertiary/aromatic N) is 2. The van der Waals surface area contributed by atoms with Gasteiger partial charge in [-0.2, -0.15) is 5.10 Å². The van der Waals surface area contributed by atoms with E-state index in [1.807, 2.05) is 6.92 Å². The van der Waals surface area contributed by atoms with Crippen LogP contribution in [-0.4, -0.2) is 27.4 Å². The third-order valence-electron chi connectivity index (χ3n) is 4.90. The monoisotopic (exact) mass is 416 g/mol. The highest BCUT2D eigenvalue weighted by atomic mass is 35.5. The molecule has 3 aromatic rings. The van der Waals surface area contributed by atoms with Crippen LogP contribution in [0.25, 0.3) is 17.0 Å². The molecular formula is C20H18ClFN4O3. The second-order valence-corrected chi connectivity index (χ2v) is 7.07. The molecule has 0 saturated heterocycles. The Bertz CT molecular complexity index is 1190. The largest absolute Gasteiger partial charge is 0.501 e. The Hall–Kier alpha value is -3.10. The van der Waals surface area contributed by atoms with Gasteiger partial charge >= 0.3 is 0 Å². The number of nitrogen functional groups attached to an aromatic ring is 1. The number of rotatable bonds is 4. The van der Waals surface area contributed by atoms with E-state index in [2.05, 4.69) is 10.4 Å². The van der Waals surface area contributed by atoms with E-state index in [0.29, 0.717) is 23.2 Å². The first-order chi connectivity index (χ1) is 13.8. The zero-order valence-electron chi connectivity index (χ0n) is 15.7. The van der Waals surface area contributed by atoms with Crippen LogP contribution in [0.2, 0.25) is 5.02 Å². The highest BCUT2D eigenvalue weighted by Crippen LogP contribution is 2.44. The van der Waals surface area contributed by atoms with Crippen LogP contribution in [0.3, 0.4) is 0 Å². The highest BCUT2D eigenvalue weighted by molar-refractivity contribution is 6.31. The quantitative estimate of drug-likeness (QED) is 0.448. The number of anilines is 1. The van der Waals surface area contributed by atoms with Crippen molar-refractivity contribution in [2.45, 2.75) is 12.6 Å². The summed E-state index contributed by atoms with van der Waals surface area (Å²) in [6, 6.07) is 5.15. The molecule has 1 aliphatic rings. The average Bonchev–Trinajstić information content (AvgIpc) is 3.12. The number of halogens is 2. The van der Waals surface area contributed by atoms with Gasteiger partial charge in [-0.3, -0.25) is 9.48 Å². The number of nitrogens with two attached hydrogens (primary N) is 1. The Morgan fingerprint density at radius 1 is 1.45 bits per heavy atom. The molecule has 1 aliphatic heterocycles. The van der Waals surface area contributed by atoms with E-state index in [-0.39, 0.29) is 27.4 Å². The Balaban J connectivity index is 1.99. The molecule has 0 fully saturated rings. The molecule has 2 aromatic carbocycles. The van der Waals surface area contributed by atoms with Crippen molar-refractivity contribution in [2.75, 3.05) is 12.3 Å². The molecule has 2 heterocycles. The molecule has 0 aliphatic carbocycles. The van der Waals surface area contributed by atoms with Crippen molar-refractivity contribution in [3.05, 3.63) is 63.8 Å². The third-order valence-corrected chi connectivity index (χ3v) is 5.22. The second-order valence-electron chi connectivity index (χ2n) is 6.67. The maximum atomic E-state index is 13.9. The van der Waals surface area contributed by atoms with Gasteiger partial charge in [0.05, 0.1) is 24.1 Å². The molecule has 1 unspecified atom stereocenters. The standard InChI is InChI=1S/C20H18ClFN4O3/c1-3-29-7-6-15-11-9-14(23)17-16(18(11)25-26(15)2)19(27)24-20(17,28)12-8-10(22)4-5-13(12)21/h4-9,28H,3,23H2,1-2H3,(H,24,27). The van der Waals surface area contributed by atoms with Gasteiger partial charge in [0.2, 0.25) is 0 Å². The molecule has 0 bridgehead atoms. The molecule has 0 saturated carbocycles. The number of aromatic nitrogens is 2. The summed E-state index contributed by atoms with van der Waals surface area (Å²) >= 11 is 6.19. The van der Waals surface area contributed by atoms with Crippen LogP contribution in [0, 0.1) is 5.82 Å². The fourth-order valence-electron chi connectivity index (χ4n) is 3.65. The van der Waals surface area contributed by atoms with Crippen LogP contribution in [0.15, 0.2) is 30.5 Å². The van der Waals surface area contributed by atoms with E-state index < -0.39 is 17.4 Å². The molecule has 150 valence electrons. The summed E-state index contributed by atoms with van der Waals surface area (Å²) in [6.07, 6.45) is 3.25. The zero-order valence-corrected chi connectivity index (χ0v) is 16.4. The van der Waals surface area contributed by atoms with Crippen LogP contribution in [0.5, 0.6) is 0 Å². The lowest BCUT2D eigenvalue weighted by atomic mass is 9.91. The first-order valence-electron chi connectivity index (χ1n) is 8.86. The molecule has 1 aromatic heterocycles. The molecule has 9 heteroatoms. The van der Waals surface area contributed by atoms with Crippen LogP contribution in [-0.2, 0) is 17.5 Å². The van der Waals surface area contributed by atoms with E-state index in [9.17, 15) is 14.3 Å². The van der Waals surface area contributed by atoms with Crippen LogP contribution in [0.4, 0.5) is 10.1 Å². The topological polar surface area (TPSA) is 102 Å². The van der Waals surface area contributed by atoms with Crippen molar-refractivity contribution in [1.82, 2.24) is 15.1 Å². The number of hydrogen-bond acceptors (Lipinski definition) is 5. The number of amides is 1. The van der Waals surface area contributed by atoms with E-state index in [0.717, 1.165) is 12.1 Å². The average molecular weight is 417 g/mol. The third kappa shape index (κ3) is 2.83. The summed E-state index contributed by atoms with van der Waals surface area (Å²) in [5, 5.41) is 19.0. The van der Waals surface area contributed by atoms with E-state index in [1.54, 1.807) is 23.9 Å². The minimum atomic E-state index is -2.08.